The highest BCUT2D eigenvalue weighted by atomic mass is 16.7. The number of hydrogen-bond donors (Lipinski definition) is 0. The highest BCUT2D eigenvalue weighted by molar-refractivity contribution is 6.23. The maximum atomic E-state index is 12.7. The van der Waals surface area contributed by atoms with Crippen LogP contribution in [0.4, 0.5) is 0 Å². The average molecular weight is 545 g/mol. The maximum absolute atomic E-state index is 12.7. The molecule has 0 aliphatic heterocycles. The summed E-state index contributed by atoms with van der Waals surface area (Å²) in [5.74, 6) is -1.49. The molecule has 8 heteroatoms. The van der Waals surface area contributed by atoms with Crippen molar-refractivity contribution in [3.05, 3.63) is 82.0 Å². The average Bonchev–Trinajstić information content (AvgIpc) is 2.90. The van der Waals surface area contributed by atoms with Gasteiger partial charge in [-0.25, -0.2) is 9.59 Å². The Morgan fingerprint density at radius 1 is 0.525 bits per heavy atom. The second-order valence-electron chi connectivity index (χ2n) is 11.0. The zero-order chi connectivity index (χ0) is 29.7. The number of hydrogen-bond acceptors (Lipinski definition) is 8. The van der Waals surface area contributed by atoms with E-state index in [-0.39, 0.29) is 46.4 Å². The number of Topliss-reactive ketones (excluding diaryl/α,β-unsaturated/α-hetero) is 2. The monoisotopic (exact) mass is 544 g/mol. The first kappa shape index (κ1) is 30.3. The minimum atomic E-state index is -0.715. The van der Waals surface area contributed by atoms with Crippen LogP contribution in [-0.4, -0.2) is 34.9 Å². The normalized spacial score (nSPS) is 15.7. The Morgan fingerprint density at radius 3 is 1.00 bits per heavy atom. The summed E-state index contributed by atoms with van der Waals surface area (Å²) in [7, 11) is 0. The van der Waals surface area contributed by atoms with Crippen LogP contribution in [0.25, 0.3) is 0 Å². The van der Waals surface area contributed by atoms with Gasteiger partial charge in [0.05, 0.1) is 11.1 Å². The number of ketones is 2. The van der Waals surface area contributed by atoms with E-state index in [0.29, 0.717) is 33.7 Å². The molecule has 0 bridgehead atoms. The molecule has 3 rings (SSSR count). The lowest BCUT2D eigenvalue weighted by Gasteiger charge is -2.19. The molecule has 0 fully saturated rings. The number of nitrogens with zero attached hydrogens (tertiary/aromatic N) is 2. The lowest BCUT2D eigenvalue weighted by molar-refractivity contribution is -0.113. The Labute approximate surface area is 235 Å². The molecule has 0 amide bonds. The standard InChI is InChI=1S/C32H36N2O6/c1-17(2)25-13-23(14-26(18(3)4)29(25)35)33-39-31(37)21-9-11-22(12-10-21)32(38)40-34-24-15-27(19(5)6)30(36)28(16-24)20(7)8/h9-20H,1-8H3. The molecule has 1 aromatic carbocycles. The van der Waals surface area contributed by atoms with Gasteiger partial charge in [0.15, 0.2) is 11.6 Å². The molecule has 0 radical (unpaired) electrons. The van der Waals surface area contributed by atoms with E-state index in [1.807, 2.05) is 55.4 Å². The fourth-order valence-corrected chi connectivity index (χ4v) is 4.17. The first-order chi connectivity index (χ1) is 18.8. The van der Waals surface area contributed by atoms with Crippen LogP contribution in [0.15, 0.2) is 81.2 Å². The molecule has 0 saturated carbocycles. The van der Waals surface area contributed by atoms with E-state index in [1.54, 1.807) is 24.3 Å². The molecular weight excluding hydrogens is 508 g/mol. The minimum absolute atomic E-state index is 0.00421. The Morgan fingerprint density at radius 2 is 0.775 bits per heavy atom. The van der Waals surface area contributed by atoms with Crippen molar-refractivity contribution in [3.8, 4) is 0 Å². The van der Waals surface area contributed by atoms with Gasteiger partial charge in [0.1, 0.15) is 11.4 Å². The lowest BCUT2D eigenvalue weighted by Crippen LogP contribution is -2.21. The largest absolute Gasteiger partial charge is 0.365 e. The Bertz CT molecular complexity index is 1230. The van der Waals surface area contributed by atoms with Crippen LogP contribution in [0.1, 0.15) is 76.1 Å². The summed E-state index contributed by atoms with van der Waals surface area (Å²) in [6.45, 7) is 15.4. The topological polar surface area (TPSA) is 111 Å². The van der Waals surface area contributed by atoms with E-state index in [9.17, 15) is 19.2 Å². The third kappa shape index (κ3) is 7.05. The summed E-state index contributed by atoms with van der Waals surface area (Å²) in [4.78, 5) is 60.7. The Hall–Kier alpha value is -4.20. The van der Waals surface area contributed by atoms with E-state index in [4.69, 9.17) is 9.68 Å². The molecule has 0 unspecified atom stereocenters. The van der Waals surface area contributed by atoms with Crippen molar-refractivity contribution in [3.63, 3.8) is 0 Å². The number of carbonyl (C=O) groups is 4. The molecule has 0 N–H and O–H groups in total. The van der Waals surface area contributed by atoms with E-state index < -0.39 is 11.9 Å². The van der Waals surface area contributed by atoms with Gasteiger partial charge < -0.3 is 9.68 Å². The highest BCUT2D eigenvalue weighted by Gasteiger charge is 2.26. The zero-order valence-corrected chi connectivity index (χ0v) is 24.3. The van der Waals surface area contributed by atoms with Gasteiger partial charge in [-0.3, -0.25) is 9.59 Å². The third-order valence-electron chi connectivity index (χ3n) is 6.57. The van der Waals surface area contributed by atoms with Gasteiger partial charge >= 0.3 is 11.9 Å². The maximum Gasteiger partial charge on any atom is 0.365 e. The van der Waals surface area contributed by atoms with E-state index in [0.717, 1.165) is 0 Å². The van der Waals surface area contributed by atoms with Gasteiger partial charge in [0, 0.05) is 22.3 Å². The molecule has 0 saturated heterocycles. The number of oxime groups is 2. The third-order valence-corrected chi connectivity index (χ3v) is 6.57. The van der Waals surface area contributed by atoms with Gasteiger partial charge in [0.25, 0.3) is 0 Å². The van der Waals surface area contributed by atoms with E-state index >= 15 is 0 Å². The van der Waals surface area contributed by atoms with Crippen molar-refractivity contribution >= 4 is 34.9 Å². The van der Waals surface area contributed by atoms with Crippen LogP contribution in [-0.2, 0) is 19.3 Å². The molecule has 0 atom stereocenters. The summed E-state index contributed by atoms with van der Waals surface area (Å²) < 4.78 is 0. The van der Waals surface area contributed by atoms with Gasteiger partial charge in [0.2, 0.25) is 0 Å². The predicted octanol–water partition coefficient (Wildman–Crippen LogP) is 6.21. The Balaban J connectivity index is 1.72. The number of allylic oxidation sites excluding steroid dienone is 8. The number of benzene rings is 1. The smallest absolute Gasteiger partial charge is 0.312 e. The first-order valence-corrected chi connectivity index (χ1v) is 13.4. The van der Waals surface area contributed by atoms with Gasteiger partial charge in [-0.1, -0.05) is 65.7 Å². The fourth-order valence-electron chi connectivity index (χ4n) is 4.17. The first-order valence-electron chi connectivity index (χ1n) is 13.4. The van der Waals surface area contributed by atoms with Crippen molar-refractivity contribution in [2.75, 3.05) is 0 Å². The summed E-state index contributed by atoms with van der Waals surface area (Å²) in [6, 6.07) is 5.70. The highest BCUT2D eigenvalue weighted by Crippen LogP contribution is 2.26. The van der Waals surface area contributed by atoms with Crippen molar-refractivity contribution in [1.29, 1.82) is 0 Å². The molecule has 1 aromatic rings. The van der Waals surface area contributed by atoms with Gasteiger partial charge in [-0.2, -0.15) is 0 Å². The quantitative estimate of drug-likeness (QED) is 0.219. The summed E-state index contributed by atoms with van der Waals surface area (Å²) in [6.07, 6.45) is 6.53. The van der Waals surface area contributed by atoms with Gasteiger partial charge in [-0.15, -0.1) is 0 Å². The summed E-state index contributed by atoms with van der Waals surface area (Å²) in [5, 5.41) is 7.92. The molecule has 0 spiro atoms. The summed E-state index contributed by atoms with van der Waals surface area (Å²) >= 11 is 0. The number of rotatable bonds is 8. The SMILES string of the molecule is CC(C)C1=CC(=NOC(=O)c2ccc(C(=O)ON=C3C=C(C(C)C)C(=O)C(C(C)C)=C3)cc2)C=C(C(C)C)C1=O. The molecule has 210 valence electrons. The van der Waals surface area contributed by atoms with E-state index in [1.165, 1.54) is 24.3 Å². The predicted molar refractivity (Wildman–Crippen MR) is 154 cm³/mol. The fraction of sp³-hybridized carbons (Fsp3) is 0.375. The van der Waals surface area contributed by atoms with Crippen LogP contribution < -0.4 is 0 Å². The van der Waals surface area contributed by atoms with Crippen LogP contribution in [0.2, 0.25) is 0 Å². The van der Waals surface area contributed by atoms with Gasteiger partial charge in [-0.05, 0) is 72.2 Å². The van der Waals surface area contributed by atoms with Crippen molar-refractivity contribution in [2.45, 2.75) is 55.4 Å². The van der Waals surface area contributed by atoms with Crippen molar-refractivity contribution in [1.82, 2.24) is 0 Å². The van der Waals surface area contributed by atoms with Crippen molar-refractivity contribution in [2.24, 2.45) is 34.0 Å². The zero-order valence-electron chi connectivity index (χ0n) is 24.3. The van der Waals surface area contributed by atoms with E-state index in [2.05, 4.69) is 10.3 Å². The molecule has 2 aliphatic rings. The van der Waals surface area contributed by atoms with Crippen LogP contribution >= 0.6 is 0 Å². The second kappa shape index (κ2) is 12.8. The summed E-state index contributed by atoms with van der Waals surface area (Å²) in [5.41, 5.74) is 3.57. The molecule has 2 aliphatic carbocycles. The Kier molecular flexibility index (Phi) is 9.69. The molecular formula is C32H36N2O6. The minimum Gasteiger partial charge on any atom is -0.312 e. The number of carbonyl (C=O) groups excluding carboxylic acids is 4. The van der Waals surface area contributed by atoms with Crippen LogP contribution in [0.3, 0.4) is 0 Å². The molecule has 8 nitrogen and oxygen atoms in total. The molecule has 40 heavy (non-hydrogen) atoms. The second-order valence-corrected chi connectivity index (χ2v) is 11.0. The van der Waals surface area contributed by atoms with Crippen LogP contribution in [0.5, 0.6) is 0 Å². The van der Waals surface area contributed by atoms with Crippen LogP contribution in [0, 0.1) is 23.7 Å². The lowest BCUT2D eigenvalue weighted by atomic mass is 9.84. The molecule has 0 heterocycles. The van der Waals surface area contributed by atoms with Crippen molar-refractivity contribution < 1.29 is 28.9 Å². The molecule has 0 aromatic heterocycles.